The molecule has 0 spiro atoms. The number of carbonyl (C=O) groups is 2. The van der Waals surface area contributed by atoms with Gasteiger partial charge in [0.2, 0.25) is 0 Å². The molecule has 2 saturated heterocycles. The van der Waals surface area contributed by atoms with Crippen molar-refractivity contribution in [2.24, 2.45) is 11.8 Å². The molecule has 110 heavy (non-hydrogen) atoms. The first-order valence-electron chi connectivity index (χ1n) is 43.0. The summed E-state index contributed by atoms with van der Waals surface area (Å²) in [5.41, 5.74) is 9.08. The first-order valence-corrected chi connectivity index (χ1v) is 52.0. The predicted octanol–water partition coefficient (Wildman–Crippen LogP) is 34.1. The van der Waals surface area contributed by atoms with Gasteiger partial charge in [0.1, 0.15) is 8.64 Å². The molecule has 4 nitrogen and oxygen atoms in total. The second kappa shape index (κ2) is 44.8. The van der Waals surface area contributed by atoms with E-state index in [1.165, 1.54) is 321 Å². The van der Waals surface area contributed by atoms with E-state index in [9.17, 15) is 9.59 Å². The summed E-state index contributed by atoms with van der Waals surface area (Å²) in [7, 11) is 0. The lowest BCUT2D eigenvalue weighted by Gasteiger charge is -2.20. The van der Waals surface area contributed by atoms with Crippen molar-refractivity contribution < 1.29 is 9.59 Å². The molecule has 2 atom stereocenters. The third kappa shape index (κ3) is 22.7. The van der Waals surface area contributed by atoms with Crippen LogP contribution in [0.5, 0.6) is 0 Å². The average molecular weight is 1700 g/mol. The van der Waals surface area contributed by atoms with Crippen molar-refractivity contribution in [2.45, 2.75) is 313 Å². The summed E-state index contributed by atoms with van der Waals surface area (Å²) in [5, 5.41) is 3.06. The number of likely N-dealkylation sites (N-methyl/N-ethyl adjacent to an activating group) is 2. The molecule has 0 N–H and O–H groups in total. The van der Waals surface area contributed by atoms with Crippen molar-refractivity contribution in [1.82, 2.24) is 9.80 Å². The van der Waals surface area contributed by atoms with E-state index in [-0.39, 0.29) is 11.8 Å². The van der Waals surface area contributed by atoms with Gasteiger partial charge in [-0.05, 0) is 207 Å². The molecule has 10 heterocycles. The molecule has 2 unspecified atom stereocenters. The number of hydrogen-bond donors (Lipinski definition) is 0. The zero-order chi connectivity index (χ0) is 77.5. The van der Waals surface area contributed by atoms with Gasteiger partial charge in [-0.15, -0.1) is 90.7 Å². The standard InChI is InChI=1S/C94H124N2O2S12/c1-11-21-27-31-35-39-45-65-55-69(59-83-91(97)95(19-9)93(99)109-83)101-85(65)75-49-51-77(103-75)87-67(47-41-37-33-29-23-13-3)57-79(105-87)81-61-73-71(53-63(17-7)43-25-15-5)90-74(72(89(73)107-81)54-64(18-8)44-26-16-6)62-82(108-90)80-58-68(48-42-38-34-30-24-14-4)88(106-80)78-52-50-76(104-78)86-66(46-40-36-32-28-22-12-2)56-70(102-86)60-84-92(98)96(20-10)94(100)110-84/h49-52,55-64H,11-48,53-54H2,1-10H3/b83-59-,84-60-. The normalized spacial score (nSPS) is 14.9. The Hall–Kier alpha value is -3.36. The molecule has 2 aliphatic heterocycles. The van der Waals surface area contributed by atoms with E-state index in [0.29, 0.717) is 33.6 Å². The molecule has 0 aliphatic carbocycles. The summed E-state index contributed by atoms with van der Waals surface area (Å²) in [5.74, 6) is 1.32. The van der Waals surface area contributed by atoms with E-state index < -0.39 is 0 Å². The molecule has 0 radical (unpaired) electrons. The lowest BCUT2D eigenvalue weighted by atomic mass is 9.86. The zero-order valence-electron chi connectivity index (χ0n) is 68.0. The van der Waals surface area contributed by atoms with Crippen LogP contribution in [0.4, 0.5) is 0 Å². The summed E-state index contributed by atoms with van der Waals surface area (Å²) in [6.07, 6.45) is 51.4. The van der Waals surface area contributed by atoms with E-state index in [4.69, 9.17) is 24.4 Å². The number of nitrogens with zero attached hydrogens (tertiary/aromatic N) is 2. The summed E-state index contributed by atoms with van der Waals surface area (Å²) in [6, 6.07) is 25.3. The first-order chi connectivity index (χ1) is 53.8. The molecule has 2 amide bonds. The van der Waals surface area contributed by atoms with Gasteiger partial charge >= 0.3 is 0 Å². The topological polar surface area (TPSA) is 40.6 Å². The summed E-state index contributed by atoms with van der Waals surface area (Å²) in [6.45, 7) is 24.2. The number of carbonyl (C=O) groups excluding carboxylic acids is 2. The molecule has 0 bridgehead atoms. The largest absolute Gasteiger partial charge is 0.293 e. The fraction of sp³-hybridized carbons (Fsp3) is 0.553. The highest BCUT2D eigenvalue weighted by molar-refractivity contribution is 8.27. The Bertz CT molecular complexity index is 4190. The fourth-order valence-corrected chi connectivity index (χ4v) is 29.0. The smallest absolute Gasteiger partial charge is 0.266 e. The van der Waals surface area contributed by atoms with Crippen LogP contribution in [-0.4, -0.2) is 43.3 Å². The third-order valence-corrected chi connectivity index (χ3v) is 35.8. The molecular weight excluding hydrogens is 1570 g/mol. The minimum Gasteiger partial charge on any atom is -0.293 e. The third-order valence-electron chi connectivity index (χ3n) is 22.7. The SMILES string of the molecule is CCCCCCCCc1cc(/C=C2\SC(=S)N(CC)C2=O)sc1-c1ccc(-c2sc(-c3cc4c(CC(CC)CCCC)c5sc(-c6cc(CCCCCCCC)c(-c7ccc(-c8sc(/C=C9\SC(=S)N(CC)C9=O)cc8CCCCCCCC)s7)s6)cc5c(CC(CC)CCCC)c4s3)cc2CCCCCCCC)s1. The monoisotopic (exact) mass is 1700 g/mol. The number of thiocarbonyl (C=S) groups is 2. The van der Waals surface area contributed by atoms with Crippen molar-refractivity contribution in [3.05, 3.63) is 114 Å². The quantitative estimate of drug-likeness (QED) is 0.0215. The maximum atomic E-state index is 13.6. The van der Waals surface area contributed by atoms with Crippen LogP contribution < -0.4 is 0 Å². The lowest BCUT2D eigenvalue weighted by molar-refractivity contribution is -0.122. The summed E-state index contributed by atoms with van der Waals surface area (Å²) in [4.78, 5) is 51.3. The number of unbranched alkanes of at least 4 members (excludes halogenated alkanes) is 22. The van der Waals surface area contributed by atoms with Crippen LogP contribution in [0.2, 0.25) is 0 Å². The number of benzene rings is 1. The average Bonchev–Trinajstić information content (AvgIpc) is 1.57. The highest BCUT2D eigenvalue weighted by atomic mass is 32.2. The second-order valence-electron chi connectivity index (χ2n) is 31.1. The number of thiophene rings is 8. The van der Waals surface area contributed by atoms with Gasteiger partial charge in [0.05, 0.1) is 9.81 Å². The number of aryl methyl sites for hydroxylation is 4. The zero-order valence-corrected chi connectivity index (χ0v) is 77.8. The lowest BCUT2D eigenvalue weighted by Crippen LogP contribution is -2.27. The highest BCUT2D eigenvalue weighted by Gasteiger charge is 2.34. The van der Waals surface area contributed by atoms with Crippen molar-refractivity contribution in [1.29, 1.82) is 0 Å². The molecule has 2 aliphatic rings. The number of hydrogen-bond acceptors (Lipinski definition) is 14. The fourth-order valence-electron chi connectivity index (χ4n) is 16.1. The molecular formula is C94H124N2O2S12. The summed E-state index contributed by atoms with van der Waals surface area (Å²) >= 11 is 30.4. The van der Waals surface area contributed by atoms with Crippen molar-refractivity contribution in [3.8, 4) is 58.5 Å². The molecule has 8 aromatic heterocycles. The van der Waals surface area contributed by atoms with Crippen molar-refractivity contribution in [2.75, 3.05) is 13.1 Å². The molecule has 1 aromatic carbocycles. The minimum atomic E-state index is 0.0382. The predicted molar refractivity (Wildman–Crippen MR) is 511 cm³/mol. The van der Waals surface area contributed by atoms with Crippen LogP contribution in [0.1, 0.15) is 318 Å². The second-order valence-corrected chi connectivity index (χ2v) is 43.0. The first kappa shape index (κ1) is 87.5. The minimum absolute atomic E-state index is 0.0382. The van der Waals surface area contributed by atoms with Crippen LogP contribution >= 0.6 is 139 Å². The van der Waals surface area contributed by atoms with Gasteiger partial charge in [0.15, 0.2) is 0 Å². The Kier molecular flexibility index (Phi) is 35.6. The van der Waals surface area contributed by atoms with Crippen LogP contribution in [0.25, 0.3) is 90.9 Å². The van der Waals surface area contributed by atoms with Crippen molar-refractivity contribution in [3.63, 3.8) is 0 Å². The van der Waals surface area contributed by atoms with Crippen LogP contribution in [0, 0.1) is 11.8 Å². The Morgan fingerprint density at radius 2 is 0.636 bits per heavy atom. The van der Waals surface area contributed by atoms with Gasteiger partial charge in [-0.3, -0.25) is 19.4 Å². The van der Waals surface area contributed by atoms with E-state index in [2.05, 4.69) is 174 Å². The molecule has 11 rings (SSSR count). The van der Waals surface area contributed by atoms with Crippen LogP contribution in [0.15, 0.2) is 70.5 Å². The number of amides is 2. The molecule has 16 heteroatoms. The Labute approximate surface area is 714 Å². The van der Waals surface area contributed by atoms with Crippen molar-refractivity contribution >= 4 is 191 Å². The van der Waals surface area contributed by atoms with Crippen LogP contribution in [0.3, 0.4) is 0 Å². The molecule has 9 aromatic rings. The van der Waals surface area contributed by atoms with Gasteiger partial charge in [-0.1, -0.05) is 283 Å². The van der Waals surface area contributed by atoms with E-state index in [0.717, 1.165) is 58.1 Å². The number of fused-ring (bicyclic) bond motifs is 2. The van der Waals surface area contributed by atoms with E-state index in [1.54, 1.807) is 30.3 Å². The van der Waals surface area contributed by atoms with E-state index in [1.807, 2.05) is 59.2 Å². The Morgan fingerprint density at radius 1 is 0.336 bits per heavy atom. The highest BCUT2D eigenvalue weighted by Crippen LogP contribution is 2.54. The van der Waals surface area contributed by atoms with Gasteiger partial charge in [-0.25, -0.2) is 0 Å². The Balaban J connectivity index is 1.01. The maximum Gasteiger partial charge on any atom is 0.266 e. The maximum absolute atomic E-state index is 13.6. The molecule has 594 valence electrons. The number of thioether (sulfide) groups is 2. The molecule has 2 fully saturated rings. The van der Waals surface area contributed by atoms with Gasteiger partial charge in [-0.2, -0.15) is 0 Å². The van der Waals surface area contributed by atoms with Gasteiger partial charge in [0.25, 0.3) is 11.8 Å². The molecule has 0 saturated carbocycles. The van der Waals surface area contributed by atoms with Crippen LogP contribution in [-0.2, 0) is 48.1 Å². The van der Waals surface area contributed by atoms with Gasteiger partial charge < -0.3 is 0 Å². The summed E-state index contributed by atoms with van der Waals surface area (Å²) < 4.78 is 4.42. The number of rotatable bonds is 50. The van der Waals surface area contributed by atoms with E-state index >= 15 is 0 Å². The Morgan fingerprint density at radius 3 is 0.945 bits per heavy atom. The van der Waals surface area contributed by atoms with Gasteiger partial charge in [0, 0.05) is 90.8 Å².